The maximum atomic E-state index is 10.6. The smallest absolute Gasteiger partial charge is 0.142 e. The summed E-state index contributed by atoms with van der Waals surface area (Å²) in [6.45, 7) is 4.85. The molecule has 0 bridgehead atoms. The van der Waals surface area contributed by atoms with Gasteiger partial charge in [0.1, 0.15) is 30.0 Å². The van der Waals surface area contributed by atoms with Crippen LogP contribution in [0.25, 0.3) is 11.1 Å². The molecule has 7 nitrogen and oxygen atoms in total. The molecule has 3 aromatic rings. The Balaban J connectivity index is 1.10. The van der Waals surface area contributed by atoms with Crippen LogP contribution in [0.3, 0.4) is 0 Å². The van der Waals surface area contributed by atoms with Crippen LogP contribution < -0.4 is 19.5 Å². The predicted molar refractivity (Wildman–Crippen MR) is 212 cm³/mol. The van der Waals surface area contributed by atoms with Gasteiger partial charge in [0.2, 0.25) is 0 Å². The number of nitriles is 1. The Kier molecular flexibility index (Phi) is 12.8. The number of nitrogens with zero attached hydrogens (tertiary/aromatic N) is 2. The molecule has 1 heterocycles. The highest BCUT2D eigenvalue weighted by Crippen LogP contribution is 2.45. The number of halogens is 2. The number of rotatable bonds is 14. The van der Waals surface area contributed by atoms with Crippen LogP contribution >= 0.6 is 23.2 Å². The van der Waals surface area contributed by atoms with Crippen molar-refractivity contribution < 1.29 is 19.3 Å². The second kappa shape index (κ2) is 18.0. The SMILES string of the molecule is N#CC1=C/CC\C=C/C(COc2cc(O[C@H]3CCc4c(-c5cccc(OCCCN6CCC6)c5Cl)cccc43)c(Cl)cc2CN[C@@H]2CCCC[C@@H]2O)=C\1. The summed E-state index contributed by atoms with van der Waals surface area (Å²) < 4.78 is 19.4. The van der Waals surface area contributed by atoms with Gasteiger partial charge in [0.15, 0.2) is 0 Å². The van der Waals surface area contributed by atoms with Crippen molar-refractivity contribution in [3.63, 3.8) is 0 Å². The van der Waals surface area contributed by atoms with E-state index in [1.807, 2.05) is 42.5 Å². The molecule has 53 heavy (non-hydrogen) atoms. The normalized spacial score (nSPS) is 23.9. The van der Waals surface area contributed by atoms with Crippen LogP contribution in [-0.4, -0.2) is 55.0 Å². The summed E-state index contributed by atoms with van der Waals surface area (Å²) in [4.78, 5) is 2.45. The Morgan fingerprint density at radius 3 is 2.60 bits per heavy atom. The van der Waals surface area contributed by atoms with Gasteiger partial charge in [-0.2, -0.15) is 5.26 Å². The fourth-order valence-electron chi connectivity index (χ4n) is 7.78. The van der Waals surface area contributed by atoms with E-state index in [1.54, 1.807) is 0 Å². The van der Waals surface area contributed by atoms with Gasteiger partial charge < -0.3 is 29.5 Å². The largest absolute Gasteiger partial charge is 0.492 e. The molecule has 0 amide bonds. The van der Waals surface area contributed by atoms with Crippen LogP contribution in [0.4, 0.5) is 0 Å². The number of aliphatic hydroxyl groups is 1. The highest BCUT2D eigenvalue weighted by molar-refractivity contribution is 6.35. The van der Waals surface area contributed by atoms with Crippen molar-refractivity contribution in [3.8, 4) is 34.4 Å². The van der Waals surface area contributed by atoms with Crippen molar-refractivity contribution >= 4 is 23.2 Å². The number of allylic oxidation sites excluding steroid dienone is 4. The summed E-state index contributed by atoms with van der Waals surface area (Å²) in [5, 5.41) is 24.9. The Hall–Kier alpha value is -3.77. The zero-order chi connectivity index (χ0) is 36.6. The van der Waals surface area contributed by atoms with Crippen molar-refractivity contribution in [1.82, 2.24) is 10.2 Å². The number of benzene rings is 3. The maximum absolute atomic E-state index is 10.6. The number of aliphatic hydroxyl groups excluding tert-OH is 1. The molecule has 2 N–H and O–H groups in total. The maximum Gasteiger partial charge on any atom is 0.142 e. The zero-order valence-corrected chi connectivity index (χ0v) is 31.8. The molecule has 3 atom stereocenters. The third kappa shape index (κ3) is 9.31. The Morgan fingerprint density at radius 2 is 1.77 bits per heavy atom. The molecule has 1 aliphatic heterocycles. The standard InChI is InChI=1S/C44H49Cl2N3O4/c45-37-25-32(28-48-38-15-4-5-16-39(38)50)42(52-29-31-11-3-1-2-10-30(24-31)27-47)26-43(37)53-40-19-18-34-33(12-6-13-35(34)40)36-14-7-17-41(44(36)46)51-23-9-22-49-20-8-21-49/h3,6-7,10-14,17,24-26,38-40,48,50H,1-2,4-5,8-9,15-16,18-23,28-29H2/b11-3-,30-10+,31-24+/t38-,39+,40+/m1/s1. The van der Waals surface area contributed by atoms with E-state index in [0.29, 0.717) is 46.0 Å². The summed E-state index contributed by atoms with van der Waals surface area (Å²) in [6, 6.07) is 18.5. The molecular weight excluding hydrogens is 705 g/mol. The van der Waals surface area contributed by atoms with E-state index < -0.39 is 0 Å². The number of hydrogen-bond donors (Lipinski definition) is 2. The van der Waals surface area contributed by atoms with Crippen LogP contribution in [0, 0.1) is 11.3 Å². The molecule has 1 saturated heterocycles. The number of ether oxygens (including phenoxy) is 3. The van der Waals surface area contributed by atoms with Crippen molar-refractivity contribution in [1.29, 1.82) is 5.26 Å². The summed E-state index contributed by atoms with van der Waals surface area (Å²) >= 11 is 14.0. The lowest BCUT2D eigenvalue weighted by Crippen LogP contribution is -2.41. The first kappa shape index (κ1) is 37.5. The van der Waals surface area contributed by atoms with Crippen molar-refractivity contribution in [2.24, 2.45) is 0 Å². The van der Waals surface area contributed by atoms with Gasteiger partial charge in [-0.15, -0.1) is 0 Å². The van der Waals surface area contributed by atoms with Crippen LogP contribution in [0.5, 0.6) is 17.2 Å². The van der Waals surface area contributed by atoms with Gasteiger partial charge in [-0.1, -0.05) is 84.6 Å². The van der Waals surface area contributed by atoms with Crippen molar-refractivity contribution in [2.75, 3.05) is 32.8 Å². The molecule has 7 rings (SSSR count). The molecule has 0 unspecified atom stereocenters. The second-order valence-electron chi connectivity index (χ2n) is 14.5. The van der Waals surface area contributed by atoms with Crippen molar-refractivity contribution in [3.05, 3.63) is 111 Å². The lowest BCUT2D eigenvalue weighted by atomic mass is 9.92. The minimum atomic E-state index is -0.371. The fraction of sp³-hybridized carbons (Fsp3) is 0.432. The van der Waals surface area contributed by atoms with Crippen molar-refractivity contribution in [2.45, 2.75) is 89.0 Å². The molecule has 4 aliphatic rings. The molecule has 0 spiro atoms. The topological polar surface area (TPSA) is 87.0 Å². The highest BCUT2D eigenvalue weighted by Gasteiger charge is 2.29. The van der Waals surface area contributed by atoms with E-state index in [-0.39, 0.29) is 24.9 Å². The van der Waals surface area contributed by atoms with E-state index in [1.165, 1.54) is 25.1 Å². The quantitative estimate of drug-likeness (QED) is 0.159. The lowest BCUT2D eigenvalue weighted by Gasteiger charge is -2.30. The van der Waals surface area contributed by atoms with Gasteiger partial charge in [-0.3, -0.25) is 0 Å². The Morgan fingerprint density at radius 1 is 0.925 bits per heavy atom. The molecule has 0 aromatic heterocycles. The third-order valence-electron chi connectivity index (χ3n) is 10.9. The Labute approximate surface area is 323 Å². The number of nitrogens with one attached hydrogen (secondary N) is 1. The summed E-state index contributed by atoms with van der Waals surface area (Å²) in [5.41, 5.74) is 6.83. The van der Waals surface area contributed by atoms with Crippen LogP contribution in [0.2, 0.25) is 10.0 Å². The summed E-state index contributed by atoms with van der Waals surface area (Å²) in [6.07, 6.45) is 16.9. The average molecular weight is 755 g/mol. The van der Waals surface area contributed by atoms with E-state index in [0.717, 1.165) is 92.2 Å². The number of fused-ring (bicyclic) bond motifs is 1. The molecule has 0 radical (unpaired) electrons. The highest BCUT2D eigenvalue weighted by atomic mass is 35.5. The fourth-order valence-corrected chi connectivity index (χ4v) is 8.30. The number of hydrogen-bond acceptors (Lipinski definition) is 7. The molecule has 1 saturated carbocycles. The van der Waals surface area contributed by atoms with Gasteiger partial charge in [-0.25, -0.2) is 0 Å². The molecule has 278 valence electrons. The number of likely N-dealkylation sites (tertiary alicyclic amines) is 1. The molecule has 3 aliphatic carbocycles. The first-order valence-electron chi connectivity index (χ1n) is 19.2. The minimum Gasteiger partial charge on any atom is -0.492 e. The lowest BCUT2D eigenvalue weighted by molar-refractivity contribution is 0.0901. The van der Waals surface area contributed by atoms with Gasteiger partial charge >= 0.3 is 0 Å². The van der Waals surface area contributed by atoms with E-state index in [9.17, 15) is 10.4 Å². The van der Waals surface area contributed by atoms with Crippen LogP contribution in [0.15, 0.2) is 84.0 Å². The van der Waals surface area contributed by atoms with E-state index in [4.69, 9.17) is 37.4 Å². The third-order valence-corrected chi connectivity index (χ3v) is 11.5. The molecule has 9 heteroatoms. The van der Waals surface area contributed by atoms with Gasteiger partial charge in [0.25, 0.3) is 0 Å². The van der Waals surface area contributed by atoms with Gasteiger partial charge in [0, 0.05) is 41.9 Å². The first-order valence-corrected chi connectivity index (χ1v) is 20.0. The second-order valence-corrected chi connectivity index (χ2v) is 15.3. The van der Waals surface area contributed by atoms with Crippen LogP contribution in [-0.2, 0) is 13.0 Å². The van der Waals surface area contributed by atoms with Gasteiger partial charge in [-0.05, 0) is 105 Å². The molecular formula is C44H49Cl2N3O4. The average Bonchev–Trinajstić information content (AvgIpc) is 3.55. The minimum absolute atomic E-state index is 0.0194. The van der Waals surface area contributed by atoms with E-state index in [2.05, 4.69) is 46.6 Å². The Bertz CT molecular complexity index is 1900. The van der Waals surface area contributed by atoms with E-state index >= 15 is 0 Å². The molecule has 2 fully saturated rings. The monoisotopic (exact) mass is 753 g/mol. The summed E-state index contributed by atoms with van der Waals surface area (Å²) in [5.74, 6) is 1.92. The first-order chi connectivity index (χ1) is 26.0. The van der Waals surface area contributed by atoms with Crippen LogP contribution in [0.1, 0.15) is 80.6 Å². The molecule has 3 aromatic carbocycles. The summed E-state index contributed by atoms with van der Waals surface area (Å²) in [7, 11) is 0. The predicted octanol–water partition coefficient (Wildman–Crippen LogP) is 9.70. The zero-order valence-electron chi connectivity index (χ0n) is 30.3. The van der Waals surface area contributed by atoms with Gasteiger partial charge in [0.05, 0.1) is 28.8 Å².